The average molecular weight is 761 g/mol. The van der Waals surface area contributed by atoms with E-state index in [1.165, 1.54) is 43.3 Å². The van der Waals surface area contributed by atoms with Gasteiger partial charge < -0.3 is 19.1 Å². The van der Waals surface area contributed by atoms with Crippen LogP contribution in [0.2, 0.25) is 0 Å². The zero-order valence-corrected chi connectivity index (χ0v) is 29.1. The van der Waals surface area contributed by atoms with Gasteiger partial charge in [-0.2, -0.15) is 13.2 Å². The van der Waals surface area contributed by atoms with E-state index in [1.54, 1.807) is 0 Å². The summed E-state index contributed by atoms with van der Waals surface area (Å²) >= 11 is 0.0583. The Balaban J connectivity index is 1.46. The number of thioether (sulfide) groups is 1. The first-order valence-electron chi connectivity index (χ1n) is 22.0. The summed E-state index contributed by atoms with van der Waals surface area (Å²) < 4.78 is 169. The molecule has 53 heavy (non-hydrogen) atoms. The number of pyridine rings is 1. The Morgan fingerprint density at radius 2 is 1.72 bits per heavy atom. The fraction of sp³-hybridized carbons (Fsp3) is 0.317. The van der Waals surface area contributed by atoms with E-state index in [-0.39, 0.29) is 62.0 Å². The molecule has 0 N–H and O–H groups in total. The lowest BCUT2D eigenvalue weighted by Gasteiger charge is -2.39. The molecule has 1 amide bonds. The van der Waals surface area contributed by atoms with Gasteiger partial charge in [0.25, 0.3) is 0 Å². The number of aromatic nitrogens is 1. The van der Waals surface area contributed by atoms with Crippen molar-refractivity contribution in [1.82, 2.24) is 14.4 Å². The maximum atomic E-state index is 15.1. The van der Waals surface area contributed by atoms with Crippen molar-refractivity contribution in [3.63, 3.8) is 0 Å². The van der Waals surface area contributed by atoms with Crippen LogP contribution in [0.3, 0.4) is 0 Å². The van der Waals surface area contributed by atoms with E-state index in [4.69, 9.17) is 17.1 Å². The summed E-state index contributed by atoms with van der Waals surface area (Å²) in [4.78, 5) is 31.7. The molecule has 0 radical (unpaired) electrons. The van der Waals surface area contributed by atoms with Gasteiger partial charge in [0, 0.05) is 64.6 Å². The van der Waals surface area contributed by atoms with E-state index in [0.29, 0.717) is 11.1 Å². The summed E-state index contributed by atoms with van der Waals surface area (Å²) in [7, 11) is -2.63. The number of rotatable bonds is 12. The van der Waals surface area contributed by atoms with Crippen molar-refractivity contribution in [1.29, 1.82) is 0 Å². The predicted octanol–water partition coefficient (Wildman–Crippen LogP) is 8.71. The minimum absolute atomic E-state index is 0.0583. The summed E-state index contributed by atoms with van der Waals surface area (Å²) in [6.07, 6.45) is -4.32. The highest BCUT2D eigenvalue weighted by molar-refractivity contribution is 7.98. The zero-order chi connectivity index (χ0) is 47.3. The summed E-state index contributed by atoms with van der Waals surface area (Å²) in [5, 5.41) is -1.27. The smallest absolute Gasteiger partial charge is 0.383 e. The molecular weight excluding hydrogens is 710 g/mol. The number of nitrogens with zero attached hydrogens (tertiary/aromatic N) is 3. The highest BCUT2D eigenvalue weighted by Crippen LogP contribution is 2.32. The molecule has 2 heterocycles. The first-order chi connectivity index (χ1) is 29.7. The number of likely N-dealkylation sites (tertiary alicyclic amines) is 1. The predicted molar refractivity (Wildman–Crippen MR) is 198 cm³/mol. The van der Waals surface area contributed by atoms with Gasteiger partial charge in [0.05, 0.1) is 35.0 Å². The molecule has 1 aromatic heterocycles. The zero-order valence-electron chi connectivity index (χ0n) is 39.2. The molecule has 6 rings (SSSR count). The second kappa shape index (κ2) is 16.7. The fourth-order valence-corrected chi connectivity index (χ4v) is 6.75. The van der Waals surface area contributed by atoms with Crippen LogP contribution in [0.1, 0.15) is 50.2 Å². The normalized spacial score (nSPS) is 18.0. The number of ether oxygens (including phenoxy) is 1. The van der Waals surface area contributed by atoms with Crippen LogP contribution < -0.4 is 5.43 Å². The van der Waals surface area contributed by atoms with Gasteiger partial charge in [-0.1, -0.05) is 54.6 Å². The van der Waals surface area contributed by atoms with Crippen LogP contribution in [-0.4, -0.2) is 59.6 Å². The van der Waals surface area contributed by atoms with Crippen LogP contribution in [-0.2, 0) is 34.5 Å². The molecule has 0 unspecified atom stereocenters. The lowest BCUT2D eigenvalue weighted by Crippen LogP contribution is -2.48. The van der Waals surface area contributed by atoms with E-state index >= 15 is 9.18 Å². The van der Waals surface area contributed by atoms with Gasteiger partial charge in [-0.05, 0) is 72.3 Å². The van der Waals surface area contributed by atoms with Gasteiger partial charge >= 0.3 is 6.18 Å². The van der Waals surface area contributed by atoms with Crippen molar-refractivity contribution in [2.24, 2.45) is 0 Å². The SMILES string of the molecule is [2H]c1c(C)c([2H])c2c(c1[2H])c(=O)c([2H])c(SC([2H])([2H])c1cccc(F)c1F)n2CC(=O)N(C1CCN(CCOC([2H])([2H])[2H])CC1)C([2H])([2H])c1ccc(-c2ccc(C(F)(F)F)cc2)cc1. The van der Waals surface area contributed by atoms with Crippen molar-refractivity contribution < 1.29 is 46.6 Å². The molecule has 0 atom stereocenters. The minimum Gasteiger partial charge on any atom is -0.383 e. The first-order valence-corrected chi connectivity index (χ1v) is 17.3. The number of methoxy groups -OCH3 is 1. The van der Waals surface area contributed by atoms with E-state index in [1.807, 2.05) is 4.90 Å². The minimum atomic E-state index is -4.57. The number of carbonyl (C=O) groups is 1. The van der Waals surface area contributed by atoms with Crippen molar-refractivity contribution in [2.75, 3.05) is 33.3 Å². The summed E-state index contributed by atoms with van der Waals surface area (Å²) in [5.74, 6) is -3.99. The highest BCUT2D eigenvalue weighted by Gasteiger charge is 2.31. The van der Waals surface area contributed by atoms with Gasteiger partial charge in [-0.15, -0.1) is 11.8 Å². The molecule has 1 saturated heterocycles. The van der Waals surface area contributed by atoms with Gasteiger partial charge in [0.1, 0.15) is 6.54 Å². The Morgan fingerprint density at radius 3 is 2.40 bits per heavy atom. The maximum Gasteiger partial charge on any atom is 0.416 e. The van der Waals surface area contributed by atoms with Crippen LogP contribution in [0.25, 0.3) is 22.0 Å². The number of hydrogen-bond donors (Lipinski definition) is 0. The molecule has 1 fully saturated rings. The Labute approximate surface area is 324 Å². The first kappa shape index (κ1) is 26.3. The van der Waals surface area contributed by atoms with Crippen molar-refractivity contribution in [2.45, 2.75) is 55.8 Å². The molecule has 5 aromatic rings. The Bertz CT molecular complexity index is 2620. The molecule has 1 aliphatic rings. The number of carbonyl (C=O) groups excluding carboxylic acids is 1. The summed E-state index contributed by atoms with van der Waals surface area (Å²) in [6.45, 7) is -1.85. The third kappa shape index (κ3) is 9.17. The molecule has 0 aliphatic carbocycles. The van der Waals surface area contributed by atoms with E-state index < -0.39 is 112 Å². The van der Waals surface area contributed by atoms with Gasteiger partial charge in [0.2, 0.25) is 5.91 Å². The van der Waals surface area contributed by atoms with Gasteiger partial charge in [-0.25, -0.2) is 8.78 Å². The molecule has 4 aromatic carbocycles. The molecule has 6 nitrogen and oxygen atoms in total. The second-order valence-electron chi connectivity index (χ2n) is 12.3. The van der Waals surface area contributed by atoms with E-state index in [2.05, 4.69) is 0 Å². The lowest BCUT2D eigenvalue weighted by molar-refractivity contribution is -0.137. The Morgan fingerprint density at radius 1 is 1.02 bits per heavy atom. The van der Waals surface area contributed by atoms with Crippen LogP contribution in [0.4, 0.5) is 22.0 Å². The maximum absolute atomic E-state index is 15.1. The largest absolute Gasteiger partial charge is 0.416 e. The molecule has 1 aliphatic heterocycles. The average Bonchev–Trinajstić information content (AvgIpc) is 3.22. The van der Waals surface area contributed by atoms with Crippen molar-refractivity contribution in [3.05, 3.63) is 135 Å². The Hall–Kier alpha value is -4.52. The number of amides is 1. The molecule has 0 bridgehead atoms. The molecule has 12 heteroatoms. The lowest BCUT2D eigenvalue weighted by atomic mass is 10.00. The Kier molecular flexibility index (Phi) is 8.26. The quantitative estimate of drug-likeness (QED) is 0.0942. The topological polar surface area (TPSA) is 54.8 Å². The standard InChI is InChI=1S/C41H40F5N3O3S/c1-27-6-15-34-36(22-27)49(39(23-37(34)50)53-26-31-4-3-5-35(42)40(31)43)25-38(51)48(33-16-18-47(19-17-33)20-21-52-2)24-28-7-9-29(10-8-28)30-11-13-32(14-12-30)41(44,45)46/h3-15,22-23,33H,16-21,24-26H2,1-2H3/i2D3,6D,15D,22D,23D,24D2,26D2. The second-order valence-corrected chi connectivity index (χ2v) is 13.1. The van der Waals surface area contributed by atoms with Crippen LogP contribution in [0, 0.1) is 18.6 Å². The monoisotopic (exact) mass is 760 g/mol. The summed E-state index contributed by atoms with van der Waals surface area (Å²) in [5.41, 5.74) is -5.69. The van der Waals surface area contributed by atoms with Gasteiger partial charge in [0.15, 0.2) is 17.1 Å². The molecule has 0 spiro atoms. The number of fused-ring (bicyclic) bond motifs is 1. The van der Waals surface area contributed by atoms with Crippen molar-refractivity contribution >= 4 is 28.6 Å². The fourth-order valence-electron chi connectivity index (χ4n) is 5.97. The van der Waals surface area contributed by atoms with Crippen LogP contribution in [0.5, 0.6) is 0 Å². The van der Waals surface area contributed by atoms with E-state index in [9.17, 15) is 25.1 Å². The van der Waals surface area contributed by atoms with Crippen molar-refractivity contribution in [3.8, 4) is 11.1 Å². The third-order valence-electron chi connectivity index (χ3n) is 8.76. The third-order valence-corrected chi connectivity index (χ3v) is 9.60. The van der Waals surface area contributed by atoms with E-state index in [0.717, 1.165) is 39.8 Å². The number of benzene rings is 4. The van der Waals surface area contributed by atoms with Gasteiger partial charge in [-0.3, -0.25) is 9.59 Å². The number of piperidine rings is 1. The van der Waals surface area contributed by atoms with Crippen LogP contribution >= 0.6 is 11.8 Å². The van der Waals surface area contributed by atoms with Crippen LogP contribution in [0.15, 0.2) is 101 Å². The molecular formula is C41H40F5N3O3S. The highest BCUT2D eigenvalue weighted by atomic mass is 32.2. The number of alkyl halides is 3. The number of halogens is 5. The molecule has 0 saturated carbocycles. The molecule has 278 valence electrons. The summed E-state index contributed by atoms with van der Waals surface area (Å²) in [6, 6.07) is 9.00. The number of hydrogen-bond acceptors (Lipinski definition) is 5.